The van der Waals surface area contributed by atoms with Crippen LogP contribution in [0.1, 0.15) is 35.4 Å². The van der Waals surface area contributed by atoms with E-state index in [4.69, 9.17) is 4.74 Å². The van der Waals surface area contributed by atoms with E-state index in [2.05, 4.69) is 44.5 Å². The van der Waals surface area contributed by atoms with Gasteiger partial charge in [-0.25, -0.2) is 13.4 Å². The molecule has 0 amide bonds. The fourth-order valence-corrected chi connectivity index (χ4v) is 6.91. The molecule has 0 unspecified atom stereocenters. The van der Waals surface area contributed by atoms with Crippen molar-refractivity contribution in [2.45, 2.75) is 38.3 Å². The number of benzene rings is 1. The summed E-state index contributed by atoms with van der Waals surface area (Å²) in [7, 11) is -2.93. The SMILES string of the molecule is Cc1cc(C2CCN(C3CNC3)CC2)cc2c1OCc1c(N3CCS(=O)(=O)CC3)ccnc1N2. The minimum absolute atomic E-state index is 0.192. The molecule has 3 saturated heterocycles. The van der Waals surface area contributed by atoms with Crippen molar-refractivity contribution in [3.63, 3.8) is 0 Å². The molecule has 3 fully saturated rings. The van der Waals surface area contributed by atoms with E-state index in [1.54, 1.807) is 6.20 Å². The fraction of sp³-hybridized carbons (Fsp3) is 0.560. The highest BCUT2D eigenvalue weighted by atomic mass is 32.2. The molecule has 4 aliphatic heterocycles. The molecule has 4 aliphatic rings. The molecule has 1 aromatic carbocycles. The number of rotatable bonds is 3. The molecule has 2 N–H and O–H groups in total. The first kappa shape index (κ1) is 22.1. The first-order chi connectivity index (χ1) is 16.5. The van der Waals surface area contributed by atoms with Gasteiger partial charge in [0.1, 0.15) is 18.2 Å². The van der Waals surface area contributed by atoms with Crippen molar-refractivity contribution >= 4 is 27.0 Å². The van der Waals surface area contributed by atoms with E-state index >= 15 is 0 Å². The number of sulfone groups is 1. The Labute approximate surface area is 201 Å². The zero-order valence-electron chi connectivity index (χ0n) is 19.7. The van der Waals surface area contributed by atoms with Crippen LogP contribution in [0, 0.1) is 6.92 Å². The number of nitrogens with zero attached hydrogens (tertiary/aromatic N) is 3. The highest BCUT2D eigenvalue weighted by Crippen LogP contribution is 2.42. The topological polar surface area (TPSA) is 86.8 Å². The summed E-state index contributed by atoms with van der Waals surface area (Å²) >= 11 is 0. The summed E-state index contributed by atoms with van der Waals surface area (Å²) in [5, 5.41) is 6.95. The van der Waals surface area contributed by atoms with Gasteiger partial charge in [0.2, 0.25) is 0 Å². The van der Waals surface area contributed by atoms with Crippen molar-refractivity contribution in [2.24, 2.45) is 0 Å². The average Bonchev–Trinajstić information content (AvgIpc) is 2.98. The van der Waals surface area contributed by atoms with E-state index in [-0.39, 0.29) is 11.5 Å². The summed E-state index contributed by atoms with van der Waals surface area (Å²) in [4.78, 5) is 9.41. The third-order valence-corrected chi connectivity index (χ3v) is 9.51. The van der Waals surface area contributed by atoms with Gasteiger partial charge in [-0.05, 0) is 62.0 Å². The Morgan fingerprint density at radius 2 is 1.85 bits per heavy atom. The van der Waals surface area contributed by atoms with Crippen LogP contribution in [-0.4, -0.2) is 75.1 Å². The lowest BCUT2D eigenvalue weighted by molar-refractivity contribution is 0.113. The zero-order valence-corrected chi connectivity index (χ0v) is 20.5. The Morgan fingerprint density at radius 3 is 2.56 bits per heavy atom. The van der Waals surface area contributed by atoms with Gasteiger partial charge in [0.25, 0.3) is 0 Å². The lowest BCUT2D eigenvalue weighted by Gasteiger charge is -2.42. The standard InChI is InChI=1S/C25H33N5O3S/c1-17-12-19(18-3-6-29(7-4-18)20-14-26-15-20)13-22-24(17)33-16-21-23(2-5-27-25(21)28-22)30-8-10-34(31,32)11-9-30/h2,5,12-13,18,20,26H,3-4,6-11,14-16H2,1H3,(H,27,28). The van der Waals surface area contributed by atoms with Crippen molar-refractivity contribution in [1.29, 1.82) is 0 Å². The van der Waals surface area contributed by atoms with Gasteiger partial charge in [-0.1, -0.05) is 6.07 Å². The van der Waals surface area contributed by atoms with Gasteiger partial charge in [-0.15, -0.1) is 0 Å². The third kappa shape index (κ3) is 4.14. The van der Waals surface area contributed by atoms with Gasteiger partial charge < -0.3 is 20.3 Å². The lowest BCUT2D eigenvalue weighted by atomic mass is 9.87. The summed E-state index contributed by atoms with van der Waals surface area (Å²) in [6.07, 6.45) is 4.18. The van der Waals surface area contributed by atoms with Gasteiger partial charge in [0.15, 0.2) is 9.84 Å². The van der Waals surface area contributed by atoms with Gasteiger partial charge in [0.05, 0.1) is 22.8 Å². The molecule has 0 bridgehead atoms. The minimum atomic E-state index is -2.93. The second kappa shape index (κ2) is 8.70. The number of nitrogens with one attached hydrogen (secondary N) is 2. The number of aromatic nitrogens is 1. The minimum Gasteiger partial charge on any atom is -0.486 e. The summed E-state index contributed by atoms with van der Waals surface area (Å²) in [6.45, 7) is 8.13. The maximum Gasteiger partial charge on any atom is 0.153 e. The van der Waals surface area contributed by atoms with Crippen LogP contribution in [0.3, 0.4) is 0 Å². The molecule has 0 atom stereocenters. The summed E-state index contributed by atoms with van der Waals surface area (Å²) in [5.74, 6) is 2.63. The molecule has 34 heavy (non-hydrogen) atoms. The number of anilines is 3. The number of aryl methyl sites for hydroxylation is 1. The largest absolute Gasteiger partial charge is 0.486 e. The quantitative estimate of drug-likeness (QED) is 0.689. The van der Waals surface area contributed by atoms with E-state index in [1.165, 1.54) is 18.4 Å². The Kier molecular flexibility index (Phi) is 5.66. The molecule has 0 spiro atoms. The first-order valence-electron chi connectivity index (χ1n) is 12.4. The molecule has 182 valence electrons. The van der Waals surface area contributed by atoms with Gasteiger partial charge >= 0.3 is 0 Å². The number of likely N-dealkylation sites (tertiary alicyclic amines) is 1. The van der Waals surface area contributed by atoms with Crippen LogP contribution in [0.25, 0.3) is 0 Å². The molecular weight excluding hydrogens is 450 g/mol. The Morgan fingerprint density at radius 1 is 1.09 bits per heavy atom. The number of hydrogen-bond acceptors (Lipinski definition) is 8. The van der Waals surface area contributed by atoms with Crippen molar-refractivity contribution in [2.75, 3.05) is 61.0 Å². The van der Waals surface area contributed by atoms with Gasteiger partial charge in [-0.3, -0.25) is 4.90 Å². The maximum atomic E-state index is 11.9. The summed E-state index contributed by atoms with van der Waals surface area (Å²) < 4.78 is 30.1. The molecule has 8 nitrogen and oxygen atoms in total. The van der Waals surface area contributed by atoms with Crippen molar-refractivity contribution in [3.05, 3.63) is 41.1 Å². The van der Waals surface area contributed by atoms with Crippen LogP contribution in [0.4, 0.5) is 17.2 Å². The molecule has 5 heterocycles. The predicted molar refractivity (Wildman–Crippen MR) is 134 cm³/mol. The smallest absolute Gasteiger partial charge is 0.153 e. The van der Waals surface area contributed by atoms with Crippen molar-refractivity contribution < 1.29 is 13.2 Å². The Bertz CT molecular complexity index is 1180. The van der Waals surface area contributed by atoms with E-state index in [9.17, 15) is 8.42 Å². The molecule has 1 aromatic heterocycles. The average molecular weight is 484 g/mol. The van der Waals surface area contributed by atoms with Crippen LogP contribution in [0.2, 0.25) is 0 Å². The second-order valence-corrected chi connectivity index (χ2v) is 12.4. The van der Waals surface area contributed by atoms with Crippen LogP contribution < -0.4 is 20.3 Å². The van der Waals surface area contributed by atoms with E-state index in [0.29, 0.717) is 25.6 Å². The Balaban J connectivity index is 1.24. The van der Waals surface area contributed by atoms with E-state index < -0.39 is 9.84 Å². The summed E-state index contributed by atoms with van der Waals surface area (Å²) in [5.41, 5.74) is 5.49. The normalized spacial score (nSPS) is 23.1. The molecule has 0 radical (unpaired) electrons. The highest BCUT2D eigenvalue weighted by Gasteiger charge is 2.30. The first-order valence-corrected chi connectivity index (χ1v) is 14.2. The molecule has 0 saturated carbocycles. The van der Waals surface area contributed by atoms with E-state index in [0.717, 1.165) is 66.3 Å². The summed E-state index contributed by atoms with van der Waals surface area (Å²) in [6, 6.07) is 7.25. The third-order valence-electron chi connectivity index (χ3n) is 7.90. The van der Waals surface area contributed by atoms with Crippen LogP contribution in [0.15, 0.2) is 24.4 Å². The van der Waals surface area contributed by atoms with Crippen molar-refractivity contribution in [3.8, 4) is 5.75 Å². The lowest BCUT2D eigenvalue weighted by Crippen LogP contribution is -2.58. The van der Waals surface area contributed by atoms with Crippen LogP contribution >= 0.6 is 0 Å². The number of piperidine rings is 1. The Hall–Kier alpha value is -2.36. The molecule has 0 aliphatic carbocycles. The fourth-order valence-electron chi connectivity index (χ4n) is 5.71. The number of ether oxygens (including phenoxy) is 1. The number of hydrogen-bond donors (Lipinski definition) is 2. The molecule has 9 heteroatoms. The number of pyridine rings is 1. The zero-order chi connectivity index (χ0) is 23.3. The van der Waals surface area contributed by atoms with E-state index in [1.807, 2.05) is 6.07 Å². The van der Waals surface area contributed by atoms with Gasteiger partial charge in [0, 0.05) is 44.1 Å². The van der Waals surface area contributed by atoms with Crippen LogP contribution in [-0.2, 0) is 16.4 Å². The number of fused-ring (bicyclic) bond motifs is 2. The molecule has 6 rings (SSSR count). The monoisotopic (exact) mass is 483 g/mol. The van der Waals surface area contributed by atoms with Crippen LogP contribution in [0.5, 0.6) is 5.75 Å². The molecular formula is C25H33N5O3S. The predicted octanol–water partition coefficient (Wildman–Crippen LogP) is 2.41. The van der Waals surface area contributed by atoms with Gasteiger partial charge in [-0.2, -0.15) is 0 Å². The van der Waals surface area contributed by atoms with Crippen molar-refractivity contribution in [1.82, 2.24) is 15.2 Å². The maximum absolute atomic E-state index is 11.9. The highest BCUT2D eigenvalue weighted by molar-refractivity contribution is 7.91. The molecule has 2 aromatic rings. The second-order valence-electron chi connectivity index (χ2n) is 10.0.